The van der Waals surface area contributed by atoms with Crippen molar-refractivity contribution in [2.75, 3.05) is 0 Å². The summed E-state index contributed by atoms with van der Waals surface area (Å²) in [6.07, 6.45) is 6.77. The van der Waals surface area contributed by atoms with Crippen LogP contribution >= 0.6 is 15.9 Å². The molecule has 64 valence electrons. The van der Waals surface area contributed by atoms with E-state index in [9.17, 15) is 0 Å². The quantitative estimate of drug-likeness (QED) is 0.486. The molecule has 1 aliphatic carbocycles. The lowest BCUT2D eigenvalue weighted by Crippen LogP contribution is -2.14. The summed E-state index contributed by atoms with van der Waals surface area (Å²) in [5.41, 5.74) is 1.34. The van der Waals surface area contributed by atoms with Gasteiger partial charge in [-0.3, -0.25) is 0 Å². The predicted molar refractivity (Wildman–Crippen MR) is 54.1 cm³/mol. The molecule has 0 radical (unpaired) electrons. The number of alkyl halides is 1. The maximum absolute atomic E-state index is 3.96. The lowest BCUT2D eigenvalue weighted by Gasteiger charge is -2.25. The molecule has 1 rings (SSSR count). The maximum Gasteiger partial charge on any atom is 0.0148 e. The van der Waals surface area contributed by atoms with Crippen LogP contribution in [0.1, 0.15) is 39.0 Å². The Hall–Kier alpha value is 0.220. The van der Waals surface area contributed by atoms with Crippen LogP contribution in [0.2, 0.25) is 0 Å². The van der Waals surface area contributed by atoms with Gasteiger partial charge in [0.1, 0.15) is 0 Å². The Labute approximate surface area is 78.2 Å². The smallest absolute Gasteiger partial charge is 0.0148 e. The summed E-state index contributed by atoms with van der Waals surface area (Å²) in [7, 11) is 0. The van der Waals surface area contributed by atoms with Crippen LogP contribution in [0.15, 0.2) is 12.2 Å². The van der Waals surface area contributed by atoms with E-state index in [0.29, 0.717) is 0 Å². The molecule has 0 N–H and O–H groups in total. The Morgan fingerprint density at radius 2 is 2.27 bits per heavy atom. The van der Waals surface area contributed by atoms with E-state index in [2.05, 4.69) is 29.4 Å². The van der Waals surface area contributed by atoms with Gasteiger partial charge in [0.25, 0.3) is 0 Å². The van der Waals surface area contributed by atoms with Gasteiger partial charge in [0, 0.05) is 4.83 Å². The molecular formula is C10H17Br. The molecule has 1 aliphatic rings. The highest BCUT2D eigenvalue weighted by atomic mass is 79.9. The minimum atomic E-state index is 0.778. The van der Waals surface area contributed by atoms with E-state index < -0.39 is 0 Å². The molecule has 1 heteroatoms. The second-order valence-corrected chi connectivity index (χ2v) is 5.09. The van der Waals surface area contributed by atoms with Crippen molar-refractivity contribution in [3.05, 3.63) is 12.2 Å². The van der Waals surface area contributed by atoms with E-state index in [1.807, 2.05) is 0 Å². The van der Waals surface area contributed by atoms with Gasteiger partial charge in [-0.1, -0.05) is 34.3 Å². The van der Waals surface area contributed by atoms with E-state index in [4.69, 9.17) is 0 Å². The zero-order valence-corrected chi connectivity index (χ0v) is 8.86. The second-order valence-electron chi connectivity index (χ2n) is 3.79. The molecule has 0 aromatic rings. The first-order chi connectivity index (χ1) is 5.18. The summed E-state index contributed by atoms with van der Waals surface area (Å²) in [5.74, 6) is 0.908. The summed E-state index contributed by atoms with van der Waals surface area (Å²) < 4.78 is 0. The lowest BCUT2D eigenvalue weighted by atomic mass is 9.85. The van der Waals surface area contributed by atoms with Crippen LogP contribution in [0.3, 0.4) is 0 Å². The summed E-state index contributed by atoms with van der Waals surface area (Å²) in [6, 6.07) is 0. The Morgan fingerprint density at radius 1 is 1.55 bits per heavy atom. The highest BCUT2D eigenvalue weighted by Gasteiger charge is 2.19. The Morgan fingerprint density at radius 3 is 2.82 bits per heavy atom. The van der Waals surface area contributed by atoms with E-state index in [-0.39, 0.29) is 0 Å². The molecule has 1 fully saturated rings. The Kier molecular flexibility index (Phi) is 3.64. The van der Waals surface area contributed by atoms with Gasteiger partial charge >= 0.3 is 0 Å². The fraction of sp³-hybridized carbons (Fsp3) is 0.800. The van der Waals surface area contributed by atoms with E-state index >= 15 is 0 Å². The van der Waals surface area contributed by atoms with Crippen molar-refractivity contribution < 1.29 is 0 Å². The fourth-order valence-electron chi connectivity index (χ4n) is 1.90. The van der Waals surface area contributed by atoms with E-state index in [0.717, 1.165) is 10.7 Å². The first-order valence-electron chi connectivity index (χ1n) is 4.47. The third kappa shape index (κ3) is 3.42. The summed E-state index contributed by atoms with van der Waals surface area (Å²) in [6.45, 7) is 6.10. The average molecular weight is 217 g/mol. The maximum atomic E-state index is 3.96. The molecule has 0 nitrogen and oxygen atoms in total. The largest absolute Gasteiger partial charge is 0.100 e. The molecule has 0 aromatic heterocycles. The molecule has 2 unspecified atom stereocenters. The Balaban J connectivity index is 2.28. The standard InChI is InChI=1S/C10H17Br/c1-8(2)6-9-4-3-5-10(11)7-9/h9-10H,1,3-7H2,2H3. The SMILES string of the molecule is C=C(C)CC1CCCC(Br)C1. The number of halogens is 1. The van der Waals surface area contributed by atoms with Crippen molar-refractivity contribution >= 4 is 15.9 Å². The van der Waals surface area contributed by atoms with Crippen molar-refractivity contribution in [3.63, 3.8) is 0 Å². The first kappa shape index (κ1) is 9.31. The average Bonchev–Trinajstić information content (AvgIpc) is 1.85. The highest BCUT2D eigenvalue weighted by Crippen LogP contribution is 2.32. The molecule has 0 heterocycles. The molecule has 0 spiro atoms. The number of allylic oxidation sites excluding steroid dienone is 1. The molecular weight excluding hydrogens is 200 g/mol. The zero-order chi connectivity index (χ0) is 8.27. The monoisotopic (exact) mass is 216 g/mol. The summed E-state index contributed by atoms with van der Waals surface area (Å²) in [5, 5.41) is 0. The lowest BCUT2D eigenvalue weighted by molar-refractivity contribution is 0.367. The van der Waals surface area contributed by atoms with Crippen LogP contribution < -0.4 is 0 Å². The van der Waals surface area contributed by atoms with Gasteiger partial charge in [0.2, 0.25) is 0 Å². The van der Waals surface area contributed by atoms with Crippen molar-refractivity contribution in [2.45, 2.75) is 43.9 Å². The molecule has 0 amide bonds. The number of hydrogen-bond acceptors (Lipinski definition) is 0. The van der Waals surface area contributed by atoms with Crippen molar-refractivity contribution in [2.24, 2.45) is 5.92 Å². The van der Waals surface area contributed by atoms with Crippen molar-refractivity contribution in [1.82, 2.24) is 0 Å². The molecule has 11 heavy (non-hydrogen) atoms. The molecule has 0 bridgehead atoms. The Bertz CT molecular complexity index is 140. The third-order valence-electron chi connectivity index (χ3n) is 2.36. The van der Waals surface area contributed by atoms with Crippen LogP contribution in [-0.2, 0) is 0 Å². The fourth-order valence-corrected chi connectivity index (χ4v) is 2.76. The van der Waals surface area contributed by atoms with E-state index in [1.54, 1.807) is 0 Å². The first-order valence-corrected chi connectivity index (χ1v) is 5.38. The van der Waals surface area contributed by atoms with Crippen LogP contribution in [0.5, 0.6) is 0 Å². The molecule has 0 aliphatic heterocycles. The van der Waals surface area contributed by atoms with E-state index in [1.165, 1.54) is 37.7 Å². The van der Waals surface area contributed by atoms with Gasteiger partial charge in [-0.15, -0.1) is 6.58 Å². The van der Waals surface area contributed by atoms with Crippen LogP contribution in [-0.4, -0.2) is 4.83 Å². The molecule has 0 aromatic carbocycles. The third-order valence-corrected chi connectivity index (χ3v) is 3.19. The van der Waals surface area contributed by atoms with Gasteiger partial charge < -0.3 is 0 Å². The normalized spacial score (nSPS) is 31.8. The highest BCUT2D eigenvalue weighted by molar-refractivity contribution is 9.09. The van der Waals surface area contributed by atoms with Gasteiger partial charge in [-0.05, 0) is 32.1 Å². The molecule has 2 atom stereocenters. The van der Waals surface area contributed by atoms with Gasteiger partial charge in [-0.25, -0.2) is 0 Å². The van der Waals surface area contributed by atoms with Crippen LogP contribution in [0.25, 0.3) is 0 Å². The number of hydrogen-bond donors (Lipinski definition) is 0. The minimum Gasteiger partial charge on any atom is -0.100 e. The molecule has 1 saturated carbocycles. The van der Waals surface area contributed by atoms with Crippen molar-refractivity contribution in [3.8, 4) is 0 Å². The summed E-state index contributed by atoms with van der Waals surface area (Å²) in [4.78, 5) is 0.778. The van der Waals surface area contributed by atoms with Gasteiger partial charge in [0.15, 0.2) is 0 Å². The molecule has 0 saturated heterocycles. The van der Waals surface area contributed by atoms with Crippen LogP contribution in [0, 0.1) is 5.92 Å². The van der Waals surface area contributed by atoms with Gasteiger partial charge in [-0.2, -0.15) is 0 Å². The zero-order valence-electron chi connectivity index (χ0n) is 7.28. The minimum absolute atomic E-state index is 0.778. The predicted octanol–water partition coefficient (Wildman–Crippen LogP) is 3.91. The summed E-state index contributed by atoms with van der Waals surface area (Å²) >= 11 is 3.69. The topological polar surface area (TPSA) is 0 Å². The van der Waals surface area contributed by atoms with Gasteiger partial charge in [0.05, 0.1) is 0 Å². The van der Waals surface area contributed by atoms with Crippen molar-refractivity contribution in [1.29, 1.82) is 0 Å². The number of rotatable bonds is 2. The second kappa shape index (κ2) is 4.30. The van der Waals surface area contributed by atoms with Crippen LogP contribution in [0.4, 0.5) is 0 Å².